The summed E-state index contributed by atoms with van der Waals surface area (Å²) in [5, 5.41) is 2.76. The summed E-state index contributed by atoms with van der Waals surface area (Å²) in [5.74, 6) is -0.456. The molecule has 0 aromatic heterocycles. The first kappa shape index (κ1) is 20.4. The number of amides is 1. The zero-order valence-corrected chi connectivity index (χ0v) is 14.4. The monoisotopic (exact) mass is 309 g/mol. The molecule has 2 atom stereocenters. The Morgan fingerprint density at radius 2 is 1.77 bits per heavy atom. The molecule has 0 aromatic rings. The molecule has 0 bridgehead atoms. The molecule has 0 aromatic carbocycles. The molecule has 126 valence electrons. The molecule has 0 spiro atoms. The van der Waals surface area contributed by atoms with Gasteiger partial charge in [0.2, 0.25) is 5.91 Å². The van der Waals surface area contributed by atoms with Gasteiger partial charge in [-0.1, -0.05) is 50.5 Å². The number of hydrogen-bond acceptors (Lipinski definition) is 3. The van der Waals surface area contributed by atoms with Gasteiger partial charge < -0.3 is 10.1 Å². The number of esters is 1. The number of carbonyl (C=O) groups is 2. The molecule has 4 nitrogen and oxygen atoms in total. The number of allylic oxidation sites excluding steroid dienone is 3. The van der Waals surface area contributed by atoms with Crippen LogP contribution in [0.5, 0.6) is 0 Å². The summed E-state index contributed by atoms with van der Waals surface area (Å²) in [6.45, 7) is 6.89. The molecular formula is C18H31NO3. The van der Waals surface area contributed by atoms with E-state index in [1.165, 1.54) is 39.5 Å². The quantitative estimate of drug-likeness (QED) is 0.357. The first-order valence-electron chi connectivity index (χ1n) is 8.23. The molecular weight excluding hydrogens is 278 g/mol. The predicted molar refractivity (Wildman–Crippen MR) is 90.5 cm³/mol. The SMILES string of the molecule is CCCCCC/C=C/C=C/C[C@H](OC(C)=O)[C@H](C)NC(C)=O. The number of rotatable bonds is 11. The van der Waals surface area contributed by atoms with Crippen LogP contribution in [0.1, 0.15) is 66.2 Å². The van der Waals surface area contributed by atoms with Gasteiger partial charge in [-0.05, 0) is 19.8 Å². The van der Waals surface area contributed by atoms with Crippen LogP contribution in [0, 0.1) is 0 Å². The summed E-state index contributed by atoms with van der Waals surface area (Å²) in [7, 11) is 0. The maximum atomic E-state index is 11.1. The predicted octanol–water partition coefficient (Wildman–Crippen LogP) is 3.92. The minimum Gasteiger partial charge on any atom is -0.460 e. The molecule has 0 unspecified atom stereocenters. The van der Waals surface area contributed by atoms with E-state index in [0.29, 0.717) is 6.42 Å². The fourth-order valence-corrected chi connectivity index (χ4v) is 2.14. The molecule has 0 saturated heterocycles. The Bertz CT molecular complexity index is 375. The van der Waals surface area contributed by atoms with Crippen molar-refractivity contribution in [2.45, 2.75) is 78.4 Å². The van der Waals surface area contributed by atoms with E-state index >= 15 is 0 Å². The molecule has 1 N–H and O–H groups in total. The largest absolute Gasteiger partial charge is 0.460 e. The van der Waals surface area contributed by atoms with Crippen LogP contribution in [0.15, 0.2) is 24.3 Å². The van der Waals surface area contributed by atoms with E-state index < -0.39 is 0 Å². The first-order chi connectivity index (χ1) is 10.5. The highest BCUT2D eigenvalue weighted by atomic mass is 16.5. The van der Waals surface area contributed by atoms with Crippen molar-refractivity contribution in [2.24, 2.45) is 0 Å². The maximum absolute atomic E-state index is 11.1. The Labute approximate surface area is 135 Å². The van der Waals surface area contributed by atoms with Crippen LogP contribution in [-0.4, -0.2) is 24.0 Å². The fourth-order valence-electron chi connectivity index (χ4n) is 2.14. The fraction of sp³-hybridized carbons (Fsp3) is 0.667. The van der Waals surface area contributed by atoms with E-state index in [0.717, 1.165) is 6.42 Å². The molecule has 0 aliphatic carbocycles. The van der Waals surface area contributed by atoms with E-state index in [1.807, 2.05) is 25.2 Å². The van der Waals surface area contributed by atoms with Crippen molar-refractivity contribution in [3.05, 3.63) is 24.3 Å². The summed E-state index contributed by atoms with van der Waals surface area (Å²) in [6, 6.07) is -0.205. The topological polar surface area (TPSA) is 55.4 Å². The summed E-state index contributed by atoms with van der Waals surface area (Å²) in [4.78, 5) is 22.2. The zero-order valence-electron chi connectivity index (χ0n) is 14.4. The molecule has 0 radical (unpaired) electrons. The van der Waals surface area contributed by atoms with E-state index in [-0.39, 0.29) is 24.0 Å². The second kappa shape index (κ2) is 13.1. The Balaban J connectivity index is 4.15. The highest BCUT2D eigenvalue weighted by Gasteiger charge is 2.19. The Morgan fingerprint density at radius 3 is 2.36 bits per heavy atom. The highest BCUT2D eigenvalue weighted by Crippen LogP contribution is 2.07. The molecule has 0 heterocycles. The minimum absolute atomic E-state index is 0.124. The lowest BCUT2D eigenvalue weighted by atomic mass is 10.1. The number of carbonyl (C=O) groups excluding carboxylic acids is 2. The second-order valence-corrected chi connectivity index (χ2v) is 5.58. The van der Waals surface area contributed by atoms with Gasteiger partial charge in [-0.15, -0.1) is 0 Å². The number of unbranched alkanes of at least 4 members (excludes halogenated alkanes) is 4. The van der Waals surface area contributed by atoms with Gasteiger partial charge in [-0.25, -0.2) is 0 Å². The normalized spacial score (nSPS) is 14.2. The lowest BCUT2D eigenvalue weighted by molar-refractivity contribution is -0.148. The zero-order chi connectivity index (χ0) is 16.8. The van der Waals surface area contributed by atoms with E-state index in [2.05, 4.69) is 18.3 Å². The maximum Gasteiger partial charge on any atom is 0.302 e. The molecule has 0 rings (SSSR count). The second-order valence-electron chi connectivity index (χ2n) is 5.58. The molecule has 4 heteroatoms. The lowest BCUT2D eigenvalue weighted by Gasteiger charge is -2.23. The van der Waals surface area contributed by atoms with Gasteiger partial charge in [0.25, 0.3) is 0 Å². The van der Waals surface area contributed by atoms with Crippen LogP contribution < -0.4 is 5.32 Å². The first-order valence-corrected chi connectivity index (χ1v) is 8.23. The van der Waals surface area contributed by atoms with Crippen molar-refractivity contribution in [1.29, 1.82) is 0 Å². The van der Waals surface area contributed by atoms with Crippen LogP contribution in [0.3, 0.4) is 0 Å². The Kier molecular flexibility index (Phi) is 12.2. The van der Waals surface area contributed by atoms with Crippen molar-refractivity contribution in [3.63, 3.8) is 0 Å². The van der Waals surface area contributed by atoms with E-state index in [9.17, 15) is 9.59 Å². The highest BCUT2D eigenvalue weighted by molar-refractivity contribution is 5.73. The van der Waals surface area contributed by atoms with Gasteiger partial charge in [0.05, 0.1) is 6.04 Å². The Morgan fingerprint density at radius 1 is 1.09 bits per heavy atom. The smallest absolute Gasteiger partial charge is 0.302 e. The van der Waals surface area contributed by atoms with Crippen LogP contribution in [0.4, 0.5) is 0 Å². The Hall–Kier alpha value is -1.58. The summed E-state index contributed by atoms with van der Waals surface area (Å²) in [5.41, 5.74) is 0. The van der Waals surface area contributed by atoms with E-state index in [1.54, 1.807) is 0 Å². The molecule has 22 heavy (non-hydrogen) atoms. The van der Waals surface area contributed by atoms with Crippen LogP contribution in [0.25, 0.3) is 0 Å². The molecule has 1 amide bonds. The van der Waals surface area contributed by atoms with Gasteiger partial charge in [0, 0.05) is 20.3 Å². The number of hydrogen-bond donors (Lipinski definition) is 1. The molecule has 0 aliphatic rings. The van der Waals surface area contributed by atoms with Crippen molar-refractivity contribution in [1.82, 2.24) is 5.32 Å². The number of nitrogens with one attached hydrogen (secondary N) is 1. The van der Waals surface area contributed by atoms with Crippen molar-refractivity contribution in [3.8, 4) is 0 Å². The average Bonchev–Trinajstić information content (AvgIpc) is 2.43. The third-order valence-corrected chi connectivity index (χ3v) is 3.28. The van der Waals surface area contributed by atoms with Crippen LogP contribution in [0.2, 0.25) is 0 Å². The molecule has 0 aliphatic heterocycles. The van der Waals surface area contributed by atoms with Gasteiger partial charge >= 0.3 is 5.97 Å². The molecule has 0 fully saturated rings. The van der Waals surface area contributed by atoms with Crippen molar-refractivity contribution in [2.75, 3.05) is 0 Å². The van der Waals surface area contributed by atoms with Crippen LogP contribution >= 0.6 is 0 Å². The van der Waals surface area contributed by atoms with Gasteiger partial charge in [0.15, 0.2) is 0 Å². The third kappa shape index (κ3) is 12.2. The lowest BCUT2D eigenvalue weighted by Crippen LogP contribution is -2.41. The van der Waals surface area contributed by atoms with E-state index in [4.69, 9.17) is 4.74 Å². The number of ether oxygens (including phenoxy) is 1. The third-order valence-electron chi connectivity index (χ3n) is 3.28. The molecule has 0 saturated carbocycles. The van der Waals surface area contributed by atoms with Gasteiger partial charge in [0.1, 0.15) is 6.10 Å². The van der Waals surface area contributed by atoms with Crippen LogP contribution in [-0.2, 0) is 14.3 Å². The van der Waals surface area contributed by atoms with Gasteiger partial charge in [-0.3, -0.25) is 9.59 Å². The van der Waals surface area contributed by atoms with Crippen molar-refractivity contribution < 1.29 is 14.3 Å². The standard InChI is InChI=1S/C18H31NO3/c1-5-6-7-8-9-10-11-12-13-14-18(22-17(4)21)15(2)19-16(3)20/h10-13,15,18H,5-9,14H2,1-4H3,(H,19,20)/b11-10+,13-12+/t15-,18-/m0/s1. The summed E-state index contributed by atoms with van der Waals surface area (Å²) >= 11 is 0. The van der Waals surface area contributed by atoms with Gasteiger partial charge in [-0.2, -0.15) is 0 Å². The summed E-state index contributed by atoms with van der Waals surface area (Å²) < 4.78 is 5.26. The minimum atomic E-state index is -0.337. The average molecular weight is 309 g/mol. The summed E-state index contributed by atoms with van der Waals surface area (Å²) in [6.07, 6.45) is 14.5. The van der Waals surface area contributed by atoms with Crippen molar-refractivity contribution >= 4 is 11.9 Å².